The Bertz CT molecular complexity index is 436. The Labute approximate surface area is 113 Å². The van der Waals surface area contributed by atoms with Crippen LogP contribution in [0.2, 0.25) is 0 Å². The standard InChI is InChI=1S/C13H21N3O3/c1-3-11-12(10(2)19-14-11)13(18)16-6-4-15(5-7-16)8-9-17/h17H,3-9H2,1-2H3. The van der Waals surface area contributed by atoms with Crippen LogP contribution in [0.3, 0.4) is 0 Å². The number of nitrogens with zero attached hydrogens (tertiary/aromatic N) is 3. The van der Waals surface area contributed by atoms with Crippen molar-refractivity contribution >= 4 is 5.91 Å². The monoisotopic (exact) mass is 267 g/mol. The lowest BCUT2D eigenvalue weighted by atomic mass is 10.1. The third-order valence-electron chi connectivity index (χ3n) is 3.56. The van der Waals surface area contributed by atoms with Crippen molar-refractivity contribution in [2.24, 2.45) is 0 Å². The molecule has 106 valence electrons. The van der Waals surface area contributed by atoms with E-state index in [0.29, 0.717) is 37.4 Å². The molecule has 1 amide bonds. The molecule has 0 spiro atoms. The van der Waals surface area contributed by atoms with Crippen molar-refractivity contribution in [2.75, 3.05) is 39.3 Å². The van der Waals surface area contributed by atoms with Gasteiger partial charge in [0.1, 0.15) is 11.3 Å². The third kappa shape index (κ3) is 2.96. The van der Waals surface area contributed by atoms with Crippen molar-refractivity contribution in [1.82, 2.24) is 15.0 Å². The van der Waals surface area contributed by atoms with E-state index in [4.69, 9.17) is 9.63 Å². The van der Waals surface area contributed by atoms with Crippen molar-refractivity contribution in [3.05, 3.63) is 17.0 Å². The molecule has 2 heterocycles. The number of aromatic nitrogens is 1. The number of carbonyl (C=O) groups excluding carboxylic acids is 1. The number of amides is 1. The highest BCUT2D eigenvalue weighted by Gasteiger charge is 2.27. The topological polar surface area (TPSA) is 69.8 Å². The summed E-state index contributed by atoms with van der Waals surface area (Å²) >= 11 is 0. The normalized spacial score (nSPS) is 16.9. The third-order valence-corrected chi connectivity index (χ3v) is 3.56. The molecule has 0 aromatic carbocycles. The Morgan fingerprint density at radius 1 is 1.37 bits per heavy atom. The molecule has 1 saturated heterocycles. The van der Waals surface area contributed by atoms with Crippen LogP contribution in [-0.4, -0.2) is 65.3 Å². The maximum absolute atomic E-state index is 12.5. The summed E-state index contributed by atoms with van der Waals surface area (Å²) in [6.07, 6.45) is 0.697. The van der Waals surface area contributed by atoms with Gasteiger partial charge in [0.2, 0.25) is 0 Å². The quantitative estimate of drug-likeness (QED) is 0.849. The highest BCUT2D eigenvalue weighted by atomic mass is 16.5. The van der Waals surface area contributed by atoms with Gasteiger partial charge < -0.3 is 14.5 Å². The van der Waals surface area contributed by atoms with Crippen LogP contribution in [0.25, 0.3) is 0 Å². The van der Waals surface area contributed by atoms with E-state index in [9.17, 15) is 4.79 Å². The molecule has 0 bridgehead atoms. The summed E-state index contributed by atoms with van der Waals surface area (Å²) in [7, 11) is 0. The smallest absolute Gasteiger partial charge is 0.259 e. The Morgan fingerprint density at radius 3 is 2.63 bits per heavy atom. The lowest BCUT2D eigenvalue weighted by molar-refractivity contribution is 0.0612. The van der Waals surface area contributed by atoms with Gasteiger partial charge in [0.05, 0.1) is 12.3 Å². The highest BCUT2D eigenvalue weighted by molar-refractivity contribution is 5.96. The van der Waals surface area contributed by atoms with Gasteiger partial charge in [-0.2, -0.15) is 0 Å². The predicted molar refractivity (Wildman–Crippen MR) is 70.0 cm³/mol. The largest absolute Gasteiger partial charge is 0.395 e. The van der Waals surface area contributed by atoms with Gasteiger partial charge in [-0.3, -0.25) is 9.69 Å². The molecule has 2 rings (SSSR count). The number of carbonyl (C=O) groups is 1. The molecule has 0 saturated carbocycles. The van der Waals surface area contributed by atoms with Crippen LogP contribution in [0.4, 0.5) is 0 Å². The van der Waals surface area contributed by atoms with Crippen molar-refractivity contribution in [1.29, 1.82) is 0 Å². The maximum Gasteiger partial charge on any atom is 0.259 e. The molecule has 6 nitrogen and oxygen atoms in total. The lowest BCUT2D eigenvalue weighted by Crippen LogP contribution is -2.49. The summed E-state index contributed by atoms with van der Waals surface area (Å²) in [5.41, 5.74) is 1.36. The number of hydrogen-bond acceptors (Lipinski definition) is 5. The highest BCUT2D eigenvalue weighted by Crippen LogP contribution is 2.17. The van der Waals surface area contributed by atoms with E-state index in [0.717, 1.165) is 18.8 Å². The second-order valence-corrected chi connectivity index (χ2v) is 4.77. The molecular weight excluding hydrogens is 246 g/mol. The Morgan fingerprint density at radius 2 is 2.05 bits per heavy atom. The first-order valence-corrected chi connectivity index (χ1v) is 6.75. The van der Waals surface area contributed by atoms with Crippen LogP contribution in [-0.2, 0) is 6.42 Å². The van der Waals surface area contributed by atoms with Gasteiger partial charge in [0.15, 0.2) is 0 Å². The molecule has 1 aromatic rings. The van der Waals surface area contributed by atoms with E-state index >= 15 is 0 Å². The lowest BCUT2D eigenvalue weighted by Gasteiger charge is -2.34. The van der Waals surface area contributed by atoms with Crippen LogP contribution in [0.5, 0.6) is 0 Å². The van der Waals surface area contributed by atoms with Gasteiger partial charge in [-0.1, -0.05) is 12.1 Å². The second kappa shape index (κ2) is 6.16. The van der Waals surface area contributed by atoms with Crippen molar-refractivity contribution in [3.8, 4) is 0 Å². The van der Waals surface area contributed by atoms with Gasteiger partial charge in [-0.05, 0) is 13.3 Å². The van der Waals surface area contributed by atoms with Gasteiger partial charge >= 0.3 is 0 Å². The SMILES string of the molecule is CCc1noc(C)c1C(=O)N1CCN(CCO)CC1. The molecule has 0 unspecified atom stereocenters. The number of rotatable bonds is 4. The molecule has 0 aliphatic carbocycles. The fourth-order valence-corrected chi connectivity index (χ4v) is 2.41. The summed E-state index contributed by atoms with van der Waals surface area (Å²) in [6.45, 7) is 7.57. The number of aliphatic hydroxyl groups excluding tert-OH is 1. The van der Waals surface area contributed by atoms with Crippen LogP contribution < -0.4 is 0 Å². The van der Waals surface area contributed by atoms with Crippen LogP contribution in [0.1, 0.15) is 28.7 Å². The van der Waals surface area contributed by atoms with Gasteiger partial charge in [0.25, 0.3) is 5.91 Å². The van der Waals surface area contributed by atoms with Gasteiger partial charge in [-0.15, -0.1) is 0 Å². The Balaban J connectivity index is 2.03. The number of piperazine rings is 1. The summed E-state index contributed by atoms with van der Waals surface area (Å²) < 4.78 is 5.12. The molecule has 19 heavy (non-hydrogen) atoms. The fourth-order valence-electron chi connectivity index (χ4n) is 2.41. The minimum Gasteiger partial charge on any atom is -0.395 e. The van der Waals surface area contributed by atoms with Gasteiger partial charge in [-0.25, -0.2) is 0 Å². The Hall–Kier alpha value is -1.40. The van der Waals surface area contributed by atoms with E-state index in [1.165, 1.54) is 0 Å². The van der Waals surface area contributed by atoms with Crippen LogP contribution >= 0.6 is 0 Å². The molecule has 0 radical (unpaired) electrons. The zero-order valence-corrected chi connectivity index (χ0v) is 11.6. The first-order chi connectivity index (χ1) is 9.17. The fraction of sp³-hybridized carbons (Fsp3) is 0.692. The molecular formula is C13H21N3O3. The first kappa shape index (κ1) is 14.0. The summed E-state index contributed by atoms with van der Waals surface area (Å²) in [5.74, 6) is 0.610. The predicted octanol–water partition coefficient (Wildman–Crippen LogP) is 0.296. The summed E-state index contributed by atoms with van der Waals surface area (Å²) in [4.78, 5) is 16.5. The first-order valence-electron chi connectivity index (χ1n) is 6.75. The summed E-state index contributed by atoms with van der Waals surface area (Å²) in [5, 5.41) is 12.8. The average Bonchev–Trinajstić information content (AvgIpc) is 2.80. The van der Waals surface area contributed by atoms with Crippen molar-refractivity contribution < 1.29 is 14.4 Å². The minimum absolute atomic E-state index is 0.0132. The summed E-state index contributed by atoms with van der Waals surface area (Å²) in [6, 6.07) is 0. The van der Waals surface area contributed by atoms with Crippen LogP contribution in [0.15, 0.2) is 4.52 Å². The molecule has 0 atom stereocenters. The molecule has 1 aromatic heterocycles. The van der Waals surface area contributed by atoms with E-state index in [-0.39, 0.29) is 12.5 Å². The average molecular weight is 267 g/mol. The number of aryl methyl sites for hydroxylation is 2. The molecule has 1 N–H and O–H groups in total. The zero-order chi connectivity index (χ0) is 13.8. The van der Waals surface area contributed by atoms with E-state index in [1.807, 2.05) is 11.8 Å². The van der Waals surface area contributed by atoms with E-state index in [1.54, 1.807) is 6.92 Å². The maximum atomic E-state index is 12.5. The number of aliphatic hydroxyl groups is 1. The van der Waals surface area contributed by atoms with Crippen LogP contribution in [0, 0.1) is 6.92 Å². The molecule has 1 aliphatic rings. The van der Waals surface area contributed by atoms with Crippen molar-refractivity contribution in [3.63, 3.8) is 0 Å². The number of β-amino-alcohol motifs (C(OH)–C–C–N with tert-alkyl or cyclic N) is 1. The Kier molecular flexibility index (Phi) is 4.55. The molecule has 1 fully saturated rings. The number of hydrogen-bond donors (Lipinski definition) is 1. The minimum atomic E-state index is 0.0132. The molecule has 1 aliphatic heterocycles. The second-order valence-electron chi connectivity index (χ2n) is 4.77. The van der Waals surface area contributed by atoms with Gasteiger partial charge in [0, 0.05) is 32.7 Å². The zero-order valence-electron chi connectivity index (χ0n) is 11.6. The van der Waals surface area contributed by atoms with Crippen molar-refractivity contribution in [2.45, 2.75) is 20.3 Å². The van der Waals surface area contributed by atoms with E-state index in [2.05, 4.69) is 10.1 Å². The molecule has 6 heteroatoms. The van der Waals surface area contributed by atoms with E-state index < -0.39 is 0 Å².